The van der Waals surface area contributed by atoms with Crippen LogP contribution >= 0.6 is 23.2 Å². The maximum absolute atomic E-state index is 12.1. The zero-order valence-electron chi connectivity index (χ0n) is 10.8. The largest absolute Gasteiger partial charge is 0.423 e. The Morgan fingerprint density at radius 2 is 1.68 bits per heavy atom. The molecule has 0 unspecified atom stereocenters. The molecule has 110 valence electrons. The molecule has 0 spiro atoms. The van der Waals surface area contributed by atoms with Crippen molar-refractivity contribution in [1.29, 1.82) is 0 Å². The van der Waals surface area contributed by atoms with E-state index < -0.39 is 17.9 Å². The summed E-state index contributed by atoms with van der Waals surface area (Å²) in [5.74, 6) is -2.11. The van der Waals surface area contributed by atoms with E-state index in [9.17, 15) is 14.4 Å². The Hall–Kier alpha value is -2.37. The minimum atomic E-state index is -0.776. The van der Waals surface area contributed by atoms with Gasteiger partial charge in [0.15, 0.2) is 0 Å². The summed E-state index contributed by atoms with van der Waals surface area (Å²) >= 11 is 11.7. The van der Waals surface area contributed by atoms with Crippen LogP contribution in [0.15, 0.2) is 36.4 Å². The van der Waals surface area contributed by atoms with Gasteiger partial charge in [0.05, 0.1) is 21.7 Å². The van der Waals surface area contributed by atoms with Crippen molar-refractivity contribution in [2.45, 2.75) is 0 Å². The normalized spacial score (nSPS) is 12.8. The van der Waals surface area contributed by atoms with Crippen LogP contribution in [0.5, 0.6) is 5.75 Å². The average molecular weight is 337 g/mol. The molecule has 1 aliphatic rings. The van der Waals surface area contributed by atoms with Gasteiger partial charge < -0.3 is 9.47 Å². The van der Waals surface area contributed by atoms with Gasteiger partial charge in [-0.05, 0) is 36.4 Å². The Balaban J connectivity index is 1.88. The first-order chi connectivity index (χ1) is 10.5. The summed E-state index contributed by atoms with van der Waals surface area (Å²) in [5.41, 5.74) is 0.317. The van der Waals surface area contributed by atoms with Crippen LogP contribution in [-0.2, 0) is 4.74 Å². The van der Waals surface area contributed by atoms with Crippen molar-refractivity contribution < 1.29 is 23.9 Å². The molecular formula is C15H6Cl2O5. The van der Waals surface area contributed by atoms with Gasteiger partial charge >= 0.3 is 17.9 Å². The van der Waals surface area contributed by atoms with Gasteiger partial charge in [-0.1, -0.05) is 23.2 Å². The van der Waals surface area contributed by atoms with Crippen molar-refractivity contribution in [2.24, 2.45) is 0 Å². The molecule has 0 N–H and O–H groups in total. The summed E-state index contributed by atoms with van der Waals surface area (Å²) in [4.78, 5) is 34.8. The maximum Gasteiger partial charge on any atom is 0.347 e. The Bertz CT molecular complexity index is 829. The standard InChI is InChI=1S/C15H6Cl2O5/c16-7-1-3-10(12(17)5-7)14(19)21-8-2-4-9-11(6-8)15(20)22-13(9)18/h1-6H. The van der Waals surface area contributed by atoms with E-state index in [2.05, 4.69) is 4.74 Å². The maximum atomic E-state index is 12.1. The number of hydrogen-bond donors (Lipinski definition) is 0. The molecule has 2 aromatic rings. The lowest BCUT2D eigenvalue weighted by molar-refractivity contribution is 0.0442. The Morgan fingerprint density at radius 1 is 0.955 bits per heavy atom. The third-order valence-electron chi connectivity index (χ3n) is 2.98. The smallest absolute Gasteiger partial charge is 0.347 e. The highest BCUT2D eigenvalue weighted by Crippen LogP contribution is 2.26. The van der Waals surface area contributed by atoms with Crippen molar-refractivity contribution in [2.75, 3.05) is 0 Å². The van der Waals surface area contributed by atoms with Crippen molar-refractivity contribution in [3.63, 3.8) is 0 Å². The van der Waals surface area contributed by atoms with Crippen LogP contribution in [0.1, 0.15) is 31.1 Å². The lowest BCUT2D eigenvalue weighted by Crippen LogP contribution is -2.09. The quantitative estimate of drug-likeness (QED) is 0.476. The summed E-state index contributed by atoms with van der Waals surface area (Å²) in [6.45, 7) is 0. The lowest BCUT2D eigenvalue weighted by atomic mass is 10.1. The first kappa shape index (κ1) is 14.6. The Kier molecular flexibility index (Phi) is 3.60. The number of hydrogen-bond acceptors (Lipinski definition) is 5. The van der Waals surface area contributed by atoms with Gasteiger partial charge in [0.1, 0.15) is 5.75 Å². The van der Waals surface area contributed by atoms with Crippen LogP contribution in [0.25, 0.3) is 0 Å². The van der Waals surface area contributed by atoms with Crippen LogP contribution in [0.2, 0.25) is 10.0 Å². The van der Waals surface area contributed by atoms with E-state index in [1.54, 1.807) is 0 Å². The number of esters is 3. The molecule has 22 heavy (non-hydrogen) atoms. The van der Waals surface area contributed by atoms with Crippen molar-refractivity contribution in [3.8, 4) is 5.75 Å². The number of ether oxygens (including phenoxy) is 2. The van der Waals surface area contributed by atoms with Crippen LogP contribution in [-0.4, -0.2) is 17.9 Å². The number of cyclic esters (lactones) is 2. The second-order valence-electron chi connectivity index (χ2n) is 4.40. The molecule has 0 radical (unpaired) electrons. The number of rotatable bonds is 2. The van der Waals surface area contributed by atoms with E-state index in [0.717, 1.165) is 0 Å². The summed E-state index contributed by atoms with van der Waals surface area (Å²) < 4.78 is 9.60. The molecule has 0 saturated heterocycles. The van der Waals surface area contributed by atoms with E-state index in [-0.39, 0.29) is 27.5 Å². The molecule has 5 nitrogen and oxygen atoms in total. The fourth-order valence-corrected chi connectivity index (χ4v) is 2.43. The van der Waals surface area contributed by atoms with Gasteiger partial charge in [0, 0.05) is 5.02 Å². The highest BCUT2D eigenvalue weighted by Gasteiger charge is 2.30. The molecular weight excluding hydrogens is 331 g/mol. The molecule has 0 saturated carbocycles. The number of benzene rings is 2. The molecule has 1 heterocycles. The second-order valence-corrected chi connectivity index (χ2v) is 5.24. The molecule has 1 aliphatic heterocycles. The molecule has 7 heteroatoms. The van der Waals surface area contributed by atoms with Crippen molar-refractivity contribution in [1.82, 2.24) is 0 Å². The number of halogens is 2. The summed E-state index contributed by atoms with van der Waals surface area (Å²) in [6, 6.07) is 8.36. The van der Waals surface area contributed by atoms with Gasteiger partial charge in [0.2, 0.25) is 0 Å². The van der Waals surface area contributed by atoms with Crippen LogP contribution in [0.3, 0.4) is 0 Å². The van der Waals surface area contributed by atoms with E-state index >= 15 is 0 Å². The highest BCUT2D eigenvalue weighted by molar-refractivity contribution is 6.36. The zero-order valence-corrected chi connectivity index (χ0v) is 12.3. The zero-order chi connectivity index (χ0) is 15.9. The highest BCUT2D eigenvalue weighted by atomic mass is 35.5. The van der Waals surface area contributed by atoms with Gasteiger partial charge in [0.25, 0.3) is 0 Å². The summed E-state index contributed by atoms with van der Waals surface area (Å²) in [6.07, 6.45) is 0. The van der Waals surface area contributed by atoms with Gasteiger partial charge in [-0.25, -0.2) is 14.4 Å². The number of fused-ring (bicyclic) bond motifs is 1. The molecule has 0 atom stereocenters. The fraction of sp³-hybridized carbons (Fsp3) is 0. The number of carbonyl (C=O) groups is 3. The monoisotopic (exact) mass is 336 g/mol. The predicted octanol–water partition coefficient (Wildman–Crippen LogP) is 3.52. The van der Waals surface area contributed by atoms with Crippen molar-refractivity contribution >= 4 is 41.1 Å². The topological polar surface area (TPSA) is 69.7 Å². The Morgan fingerprint density at radius 3 is 2.41 bits per heavy atom. The second kappa shape index (κ2) is 5.44. The van der Waals surface area contributed by atoms with Crippen LogP contribution < -0.4 is 4.74 Å². The van der Waals surface area contributed by atoms with E-state index in [0.29, 0.717) is 5.02 Å². The van der Waals surface area contributed by atoms with Crippen LogP contribution in [0, 0.1) is 0 Å². The van der Waals surface area contributed by atoms with E-state index in [1.165, 1.54) is 36.4 Å². The third-order valence-corrected chi connectivity index (χ3v) is 3.53. The fourth-order valence-electron chi connectivity index (χ4n) is 1.94. The van der Waals surface area contributed by atoms with E-state index in [1.807, 2.05) is 0 Å². The first-order valence-electron chi connectivity index (χ1n) is 6.03. The first-order valence-corrected chi connectivity index (χ1v) is 6.79. The molecule has 0 fully saturated rings. The van der Waals surface area contributed by atoms with Gasteiger partial charge in [-0.15, -0.1) is 0 Å². The van der Waals surface area contributed by atoms with Gasteiger partial charge in [-0.2, -0.15) is 0 Å². The van der Waals surface area contributed by atoms with Crippen LogP contribution in [0.4, 0.5) is 0 Å². The molecule has 3 rings (SSSR count). The molecule has 0 amide bonds. The third kappa shape index (κ3) is 2.56. The van der Waals surface area contributed by atoms with Gasteiger partial charge in [-0.3, -0.25) is 0 Å². The average Bonchev–Trinajstić information content (AvgIpc) is 2.73. The molecule has 0 aliphatic carbocycles. The Labute approximate surface area is 134 Å². The molecule has 0 aromatic heterocycles. The minimum absolute atomic E-state index is 0.0532. The SMILES string of the molecule is O=C(Oc1ccc2c(c1)C(=O)OC2=O)c1ccc(Cl)cc1Cl. The summed E-state index contributed by atoms with van der Waals surface area (Å²) in [7, 11) is 0. The molecule has 2 aromatic carbocycles. The molecule has 0 bridgehead atoms. The number of carbonyl (C=O) groups excluding carboxylic acids is 3. The van der Waals surface area contributed by atoms with E-state index in [4.69, 9.17) is 27.9 Å². The summed E-state index contributed by atoms with van der Waals surface area (Å²) in [5, 5.41) is 0.536. The van der Waals surface area contributed by atoms with Crippen molar-refractivity contribution in [3.05, 3.63) is 63.1 Å². The lowest BCUT2D eigenvalue weighted by Gasteiger charge is -2.06. The minimum Gasteiger partial charge on any atom is -0.423 e. The predicted molar refractivity (Wildman–Crippen MR) is 77.6 cm³/mol.